The van der Waals surface area contributed by atoms with Gasteiger partial charge in [0.05, 0.1) is 6.04 Å². The highest BCUT2D eigenvalue weighted by atomic mass is 16.4. The number of aliphatic carboxylic acids is 3. The average Bonchev–Trinajstić information content (AvgIpc) is 3.16. The molecule has 33 heavy (non-hydrogen) atoms. The highest BCUT2D eigenvalue weighted by Crippen LogP contribution is 2.19. The summed E-state index contributed by atoms with van der Waals surface area (Å²) in [6, 6.07) is 3.33. The Hall–Kier alpha value is -3.93. The van der Waals surface area contributed by atoms with Crippen LogP contribution in [0, 0.1) is 0 Å². The maximum Gasteiger partial charge on any atom is 0.326 e. The number of fused-ring (bicyclic) bond motifs is 1. The van der Waals surface area contributed by atoms with Gasteiger partial charge in [-0.2, -0.15) is 0 Å². The number of carbonyl (C=O) groups is 5. The van der Waals surface area contributed by atoms with Crippen molar-refractivity contribution in [3.8, 4) is 0 Å². The number of rotatable bonds is 13. The minimum Gasteiger partial charge on any atom is -0.481 e. The van der Waals surface area contributed by atoms with E-state index in [0.717, 1.165) is 10.9 Å². The molecule has 0 fully saturated rings. The zero-order valence-corrected chi connectivity index (χ0v) is 17.6. The molecule has 2 rings (SSSR count). The first-order valence-corrected chi connectivity index (χ1v) is 10.2. The minimum absolute atomic E-state index is 0.0154. The molecule has 0 saturated carbocycles. The number of hydrogen-bond acceptors (Lipinski definition) is 6. The average molecular weight is 462 g/mol. The smallest absolute Gasteiger partial charge is 0.326 e. The van der Waals surface area contributed by atoms with Gasteiger partial charge in [-0.05, 0) is 24.5 Å². The van der Waals surface area contributed by atoms with Gasteiger partial charge in [0.25, 0.3) is 0 Å². The molecule has 12 nitrogen and oxygen atoms in total. The summed E-state index contributed by atoms with van der Waals surface area (Å²) in [5, 5.41) is 32.4. The Labute approximate surface area is 188 Å². The van der Waals surface area contributed by atoms with Gasteiger partial charge in [0.1, 0.15) is 12.1 Å². The maximum atomic E-state index is 12.9. The molecule has 1 aromatic carbocycles. The monoisotopic (exact) mass is 462 g/mol. The zero-order valence-electron chi connectivity index (χ0n) is 17.6. The van der Waals surface area contributed by atoms with Crippen LogP contribution in [0.25, 0.3) is 10.9 Å². The van der Waals surface area contributed by atoms with Crippen LogP contribution in [-0.4, -0.2) is 68.2 Å². The molecule has 0 aliphatic rings. The van der Waals surface area contributed by atoms with E-state index in [9.17, 15) is 29.1 Å². The van der Waals surface area contributed by atoms with Crippen molar-refractivity contribution in [3.63, 3.8) is 0 Å². The third-order valence-electron chi connectivity index (χ3n) is 5.00. The summed E-state index contributed by atoms with van der Waals surface area (Å²) in [5.74, 6) is -5.37. The number of aromatic amines is 1. The SMILES string of the molecule is N[C@H](CCC(=O)O)C(=O)N[C@H](Cc1c[nH]c2ccccc12)C(=O)N[C@@H](CCC(=O)O)C(=O)O. The minimum atomic E-state index is -1.48. The quantitative estimate of drug-likeness (QED) is 0.210. The zero-order chi connectivity index (χ0) is 24.5. The van der Waals surface area contributed by atoms with Crippen LogP contribution in [0.1, 0.15) is 31.2 Å². The number of amides is 2. The standard InChI is InChI=1S/C21H26N4O8/c22-13(5-7-17(26)27)19(30)25-16(9-11-10-23-14-4-2-1-3-12(11)14)20(31)24-15(21(32)33)6-8-18(28)29/h1-4,10,13,15-16,23H,5-9,22H2,(H,24,31)(H,25,30)(H,26,27)(H,28,29)(H,32,33)/t13-,15+,16-/m1/s1. The van der Waals surface area contributed by atoms with Gasteiger partial charge >= 0.3 is 17.9 Å². The fraction of sp³-hybridized carbons (Fsp3) is 0.381. The summed E-state index contributed by atoms with van der Waals surface area (Å²) in [6.07, 6.45) is 0.321. The van der Waals surface area contributed by atoms with Gasteiger partial charge in [0.2, 0.25) is 11.8 Å². The second-order valence-corrected chi connectivity index (χ2v) is 7.50. The van der Waals surface area contributed by atoms with E-state index in [4.69, 9.17) is 15.9 Å². The number of hydrogen-bond donors (Lipinski definition) is 7. The van der Waals surface area contributed by atoms with E-state index < -0.39 is 54.3 Å². The molecular weight excluding hydrogens is 436 g/mol. The lowest BCUT2D eigenvalue weighted by Gasteiger charge is -2.22. The fourth-order valence-electron chi connectivity index (χ4n) is 3.22. The topological polar surface area (TPSA) is 212 Å². The molecule has 8 N–H and O–H groups in total. The molecule has 0 spiro atoms. The first kappa shape index (κ1) is 25.3. The van der Waals surface area contributed by atoms with Gasteiger partial charge in [-0.25, -0.2) is 4.79 Å². The number of nitrogens with one attached hydrogen (secondary N) is 3. The number of benzene rings is 1. The summed E-state index contributed by atoms with van der Waals surface area (Å²) < 4.78 is 0. The van der Waals surface area contributed by atoms with Gasteiger partial charge in [-0.15, -0.1) is 0 Å². The van der Waals surface area contributed by atoms with Gasteiger partial charge in [-0.1, -0.05) is 18.2 Å². The number of carbonyl (C=O) groups excluding carboxylic acids is 2. The van der Waals surface area contributed by atoms with E-state index in [1.807, 2.05) is 18.2 Å². The predicted molar refractivity (Wildman–Crippen MR) is 115 cm³/mol. The van der Waals surface area contributed by atoms with Crippen molar-refractivity contribution in [2.24, 2.45) is 5.73 Å². The maximum absolute atomic E-state index is 12.9. The summed E-state index contributed by atoms with van der Waals surface area (Å²) in [5.41, 5.74) is 7.20. The summed E-state index contributed by atoms with van der Waals surface area (Å²) >= 11 is 0. The predicted octanol–water partition coefficient (Wildman–Crippen LogP) is -0.178. The largest absolute Gasteiger partial charge is 0.481 e. The lowest BCUT2D eigenvalue weighted by molar-refractivity contribution is -0.143. The van der Waals surface area contributed by atoms with Crippen LogP contribution in [0.3, 0.4) is 0 Å². The van der Waals surface area contributed by atoms with Crippen molar-refractivity contribution in [1.29, 1.82) is 0 Å². The molecular formula is C21H26N4O8. The van der Waals surface area contributed by atoms with Crippen LogP contribution in [0.5, 0.6) is 0 Å². The van der Waals surface area contributed by atoms with Crippen molar-refractivity contribution in [1.82, 2.24) is 15.6 Å². The van der Waals surface area contributed by atoms with Crippen molar-refractivity contribution in [2.45, 2.75) is 50.2 Å². The molecule has 178 valence electrons. The highest BCUT2D eigenvalue weighted by molar-refractivity contribution is 5.93. The summed E-state index contributed by atoms with van der Waals surface area (Å²) in [4.78, 5) is 61.4. The fourth-order valence-corrected chi connectivity index (χ4v) is 3.22. The first-order chi connectivity index (χ1) is 15.6. The third kappa shape index (κ3) is 7.61. The number of aromatic nitrogens is 1. The number of carboxylic acid groups (broad SMARTS) is 3. The van der Waals surface area contributed by atoms with E-state index in [1.165, 1.54) is 0 Å². The number of H-pyrrole nitrogens is 1. The van der Waals surface area contributed by atoms with E-state index >= 15 is 0 Å². The van der Waals surface area contributed by atoms with Gasteiger partial charge in [0.15, 0.2) is 0 Å². The van der Waals surface area contributed by atoms with Gasteiger partial charge < -0.3 is 36.7 Å². The molecule has 2 aromatic rings. The Morgan fingerprint density at radius 1 is 0.879 bits per heavy atom. The Balaban J connectivity index is 2.22. The lowest BCUT2D eigenvalue weighted by Crippen LogP contribution is -2.55. The number of nitrogens with two attached hydrogens (primary N) is 1. The molecule has 0 aliphatic carbocycles. The second kappa shape index (κ2) is 11.6. The van der Waals surface area contributed by atoms with Crippen LogP contribution in [0.2, 0.25) is 0 Å². The van der Waals surface area contributed by atoms with Crippen molar-refractivity contribution >= 4 is 40.6 Å². The molecule has 0 aliphatic heterocycles. The van der Waals surface area contributed by atoms with Crippen LogP contribution in [0.4, 0.5) is 0 Å². The molecule has 0 saturated heterocycles. The molecule has 0 bridgehead atoms. The van der Waals surface area contributed by atoms with Crippen LogP contribution >= 0.6 is 0 Å². The second-order valence-electron chi connectivity index (χ2n) is 7.50. The Morgan fingerprint density at radius 3 is 2.12 bits per heavy atom. The van der Waals surface area contributed by atoms with Gasteiger partial charge in [-0.3, -0.25) is 19.2 Å². The number of para-hydroxylation sites is 1. The van der Waals surface area contributed by atoms with E-state index in [0.29, 0.717) is 5.56 Å². The van der Waals surface area contributed by atoms with Crippen molar-refractivity contribution in [3.05, 3.63) is 36.0 Å². The van der Waals surface area contributed by atoms with E-state index in [1.54, 1.807) is 12.3 Å². The Morgan fingerprint density at radius 2 is 1.48 bits per heavy atom. The van der Waals surface area contributed by atoms with E-state index in [-0.39, 0.29) is 25.7 Å². The third-order valence-corrected chi connectivity index (χ3v) is 5.00. The molecule has 2 amide bonds. The molecule has 0 unspecified atom stereocenters. The molecule has 3 atom stereocenters. The van der Waals surface area contributed by atoms with E-state index in [2.05, 4.69) is 15.6 Å². The number of carboxylic acids is 3. The molecule has 12 heteroatoms. The highest BCUT2D eigenvalue weighted by Gasteiger charge is 2.29. The lowest BCUT2D eigenvalue weighted by atomic mass is 10.0. The Bertz CT molecular complexity index is 1030. The molecule has 0 radical (unpaired) electrons. The molecule has 1 heterocycles. The van der Waals surface area contributed by atoms with Crippen LogP contribution in [0.15, 0.2) is 30.5 Å². The van der Waals surface area contributed by atoms with Crippen molar-refractivity contribution in [2.75, 3.05) is 0 Å². The van der Waals surface area contributed by atoms with Gasteiger partial charge in [0, 0.05) is 36.4 Å². The van der Waals surface area contributed by atoms with Crippen LogP contribution < -0.4 is 16.4 Å². The first-order valence-electron chi connectivity index (χ1n) is 10.2. The normalized spacial score (nSPS) is 13.6. The van der Waals surface area contributed by atoms with Crippen LogP contribution in [-0.2, 0) is 30.4 Å². The summed E-state index contributed by atoms with van der Waals surface area (Å²) in [7, 11) is 0. The Kier molecular flexibility index (Phi) is 8.92. The van der Waals surface area contributed by atoms with Crippen molar-refractivity contribution < 1.29 is 39.3 Å². The summed E-state index contributed by atoms with van der Waals surface area (Å²) in [6.45, 7) is 0. The molecule has 1 aromatic heterocycles.